The number of piperazine rings is 1. The first-order valence-corrected chi connectivity index (χ1v) is 9.36. The first-order valence-electron chi connectivity index (χ1n) is 9.36. The highest BCUT2D eigenvalue weighted by Gasteiger charge is 2.35. The van der Waals surface area contributed by atoms with Crippen LogP contribution in [0.1, 0.15) is 44.1 Å². The monoisotopic (exact) mass is 344 g/mol. The van der Waals surface area contributed by atoms with Crippen LogP contribution in [0.2, 0.25) is 0 Å². The molecule has 136 valence electrons. The summed E-state index contributed by atoms with van der Waals surface area (Å²) in [4.78, 5) is 28.8. The molecule has 2 fully saturated rings. The molecule has 1 heterocycles. The molecule has 1 saturated carbocycles. The summed E-state index contributed by atoms with van der Waals surface area (Å²) in [5.74, 6) is 0.182. The smallest absolute Gasteiger partial charge is 0.228 e. The van der Waals surface area contributed by atoms with Crippen molar-refractivity contribution < 1.29 is 14.7 Å². The van der Waals surface area contributed by atoms with Gasteiger partial charge in [-0.15, -0.1) is 0 Å². The summed E-state index contributed by atoms with van der Waals surface area (Å²) in [6, 6.07) is 10.1. The van der Waals surface area contributed by atoms with E-state index >= 15 is 0 Å². The molecule has 0 spiro atoms. The molecule has 3 atom stereocenters. The van der Waals surface area contributed by atoms with Crippen molar-refractivity contribution in [3.05, 3.63) is 35.9 Å². The molecular weight excluding hydrogens is 316 g/mol. The van der Waals surface area contributed by atoms with Gasteiger partial charge in [-0.2, -0.15) is 0 Å². The zero-order valence-electron chi connectivity index (χ0n) is 14.9. The molecular formula is C20H28N2O3. The quantitative estimate of drug-likeness (QED) is 0.909. The maximum Gasteiger partial charge on any atom is 0.228 e. The number of benzene rings is 1. The zero-order valence-corrected chi connectivity index (χ0v) is 14.9. The van der Waals surface area contributed by atoms with Gasteiger partial charge in [-0.3, -0.25) is 9.59 Å². The molecule has 1 N–H and O–H groups in total. The van der Waals surface area contributed by atoms with Crippen LogP contribution in [0, 0.1) is 5.92 Å². The maximum atomic E-state index is 12.5. The van der Waals surface area contributed by atoms with E-state index in [0.29, 0.717) is 32.6 Å². The van der Waals surface area contributed by atoms with Gasteiger partial charge in [-0.25, -0.2) is 0 Å². The van der Waals surface area contributed by atoms with Crippen molar-refractivity contribution in [2.45, 2.75) is 44.6 Å². The van der Waals surface area contributed by atoms with Crippen LogP contribution in [-0.4, -0.2) is 59.0 Å². The van der Waals surface area contributed by atoms with Gasteiger partial charge in [0, 0.05) is 32.6 Å². The van der Waals surface area contributed by atoms with Crippen molar-refractivity contribution >= 4 is 11.8 Å². The van der Waals surface area contributed by atoms with Crippen LogP contribution in [0.4, 0.5) is 0 Å². The number of carbonyl (C=O) groups is 2. The second kappa shape index (κ2) is 8.00. The fourth-order valence-electron chi connectivity index (χ4n) is 3.93. The Kier molecular flexibility index (Phi) is 5.74. The summed E-state index contributed by atoms with van der Waals surface area (Å²) in [6.07, 6.45) is 2.45. The minimum atomic E-state index is -0.487. The third-order valence-electron chi connectivity index (χ3n) is 5.59. The largest absolute Gasteiger partial charge is 0.392 e. The Bertz CT molecular complexity index is 596. The Morgan fingerprint density at radius 3 is 2.32 bits per heavy atom. The molecule has 1 saturated heterocycles. The second-order valence-electron chi connectivity index (χ2n) is 7.33. The lowest BCUT2D eigenvalue weighted by Crippen LogP contribution is -2.52. The first-order chi connectivity index (χ1) is 12.1. The van der Waals surface area contributed by atoms with Gasteiger partial charge in [0.15, 0.2) is 0 Å². The minimum absolute atomic E-state index is 0.0646. The first kappa shape index (κ1) is 17.9. The van der Waals surface area contributed by atoms with Gasteiger partial charge in [-0.05, 0) is 30.7 Å². The van der Waals surface area contributed by atoms with Crippen LogP contribution in [0.3, 0.4) is 0 Å². The molecule has 0 bridgehead atoms. The summed E-state index contributed by atoms with van der Waals surface area (Å²) in [7, 11) is 0. The van der Waals surface area contributed by atoms with Crippen molar-refractivity contribution in [1.82, 2.24) is 9.80 Å². The van der Waals surface area contributed by atoms with Gasteiger partial charge in [-0.1, -0.05) is 37.3 Å². The lowest BCUT2D eigenvalue weighted by molar-refractivity contribution is -0.144. The zero-order chi connectivity index (χ0) is 17.8. The summed E-state index contributed by atoms with van der Waals surface area (Å²) >= 11 is 0. The molecule has 2 amide bonds. The van der Waals surface area contributed by atoms with Gasteiger partial charge in [0.2, 0.25) is 11.8 Å². The van der Waals surface area contributed by atoms with E-state index in [1.165, 1.54) is 5.56 Å². The Balaban J connectivity index is 1.48. The van der Waals surface area contributed by atoms with Gasteiger partial charge >= 0.3 is 0 Å². The Hall–Kier alpha value is -1.88. The van der Waals surface area contributed by atoms with Crippen LogP contribution in [-0.2, 0) is 9.59 Å². The number of carbonyl (C=O) groups excluding carboxylic acids is 2. The van der Waals surface area contributed by atoms with Gasteiger partial charge in [0.05, 0.1) is 12.0 Å². The van der Waals surface area contributed by atoms with Crippen LogP contribution >= 0.6 is 0 Å². The number of hydrogen-bond donors (Lipinski definition) is 1. The molecule has 1 aliphatic carbocycles. The van der Waals surface area contributed by atoms with Crippen LogP contribution in [0.15, 0.2) is 30.3 Å². The van der Waals surface area contributed by atoms with Gasteiger partial charge in [0.1, 0.15) is 0 Å². The third-order valence-corrected chi connectivity index (χ3v) is 5.59. The van der Waals surface area contributed by atoms with E-state index in [-0.39, 0.29) is 23.7 Å². The number of aliphatic hydroxyl groups is 1. The minimum Gasteiger partial charge on any atom is -0.392 e. The standard InChI is InChI=1S/C20H28N2O3/c1-15(16-6-3-2-4-7-16)14-19(24)21-10-12-22(13-11-21)20(25)17-8-5-9-18(17)23/h2-4,6-7,15,17-18,23H,5,8-14H2,1H3/t15-,17+,18-/m1/s1. The van der Waals surface area contributed by atoms with E-state index in [1.807, 2.05) is 28.0 Å². The van der Waals surface area contributed by atoms with Gasteiger partial charge < -0.3 is 14.9 Å². The Labute approximate surface area is 149 Å². The molecule has 2 aliphatic rings. The summed E-state index contributed by atoms with van der Waals surface area (Å²) < 4.78 is 0. The summed E-state index contributed by atoms with van der Waals surface area (Å²) in [5.41, 5.74) is 1.18. The van der Waals surface area contributed by atoms with Crippen molar-refractivity contribution in [1.29, 1.82) is 0 Å². The Morgan fingerprint density at radius 1 is 1.08 bits per heavy atom. The molecule has 0 unspecified atom stereocenters. The highest BCUT2D eigenvalue weighted by molar-refractivity contribution is 5.81. The molecule has 5 heteroatoms. The van der Waals surface area contributed by atoms with Gasteiger partial charge in [0.25, 0.3) is 0 Å². The maximum absolute atomic E-state index is 12.5. The summed E-state index contributed by atoms with van der Waals surface area (Å²) in [6.45, 7) is 4.42. The number of amides is 2. The number of aliphatic hydroxyl groups excluding tert-OH is 1. The molecule has 5 nitrogen and oxygen atoms in total. The van der Waals surface area contributed by atoms with Crippen LogP contribution in [0.25, 0.3) is 0 Å². The SMILES string of the molecule is C[C@H](CC(=O)N1CCN(C(=O)[C@H]2CCC[C@H]2O)CC1)c1ccccc1. The molecule has 25 heavy (non-hydrogen) atoms. The third kappa shape index (κ3) is 4.21. The fourth-order valence-corrected chi connectivity index (χ4v) is 3.93. The van der Waals surface area contributed by atoms with E-state index in [4.69, 9.17) is 0 Å². The molecule has 3 rings (SSSR count). The van der Waals surface area contributed by atoms with E-state index in [1.54, 1.807) is 0 Å². The highest BCUT2D eigenvalue weighted by atomic mass is 16.3. The van der Waals surface area contributed by atoms with Crippen LogP contribution < -0.4 is 0 Å². The normalized spacial score (nSPS) is 25.0. The number of hydrogen-bond acceptors (Lipinski definition) is 3. The van der Waals surface area contributed by atoms with E-state index < -0.39 is 6.10 Å². The summed E-state index contributed by atoms with van der Waals surface area (Å²) in [5, 5.41) is 9.93. The molecule has 1 aromatic carbocycles. The van der Waals surface area contributed by atoms with Crippen molar-refractivity contribution in [2.24, 2.45) is 5.92 Å². The highest BCUT2D eigenvalue weighted by Crippen LogP contribution is 2.28. The predicted octanol–water partition coefficient (Wildman–Crippen LogP) is 2.01. The van der Waals surface area contributed by atoms with E-state index in [9.17, 15) is 14.7 Å². The average Bonchev–Trinajstić information content (AvgIpc) is 3.08. The van der Waals surface area contributed by atoms with Crippen LogP contribution in [0.5, 0.6) is 0 Å². The molecule has 1 aliphatic heterocycles. The van der Waals surface area contributed by atoms with Crippen molar-refractivity contribution in [2.75, 3.05) is 26.2 Å². The molecule has 0 aromatic heterocycles. The van der Waals surface area contributed by atoms with E-state index in [0.717, 1.165) is 19.3 Å². The second-order valence-corrected chi connectivity index (χ2v) is 7.33. The fraction of sp³-hybridized carbons (Fsp3) is 0.600. The van der Waals surface area contributed by atoms with E-state index in [2.05, 4.69) is 19.1 Å². The lowest BCUT2D eigenvalue weighted by Gasteiger charge is -2.36. The topological polar surface area (TPSA) is 60.9 Å². The number of rotatable bonds is 4. The number of nitrogens with zero attached hydrogens (tertiary/aromatic N) is 2. The predicted molar refractivity (Wildman–Crippen MR) is 96.0 cm³/mol. The molecule has 0 radical (unpaired) electrons. The Morgan fingerprint density at radius 2 is 1.72 bits per heavy atom. The van der Waals surface area contributed by atoms with Crippen molar-refractivity contribution in [3.63, 3.8) is 0 Å². The lowest BCUT2D eigenvalue weighted by atomic mass is 9.97. The average molecular weight is 344 g/mol. The molecule has 1 aromatic rings. The van der Waals surface area contributed by atoms with Crippen molar-refractivity contribution in [3.8, 4) is 0 Å².